The summed E-state index contributed by atoms with van der Waals surface area (Å²) in [4.78, 5) is 6.46. The fourth-order valence-corrected chi connectivity index (χ4v) is 2.41. The number of rotatable bonds is 2. The number of anilines is 1. The normalized spacial score (nSPS) is 15.8. The molecule has 16 heavy (non-hydrogen) atoms. The molecule has 3 heterocycles. The van der Waals surface area contributed by atoms with E-state index < -0.39 is 0 Å². The minimum absolute atomic E-state index is 0.367. The molecule has 0 bridgehead atoms. The Kier molecular flexibility index (Phi) is 2.11. The first-order valence-electron chi connectivity index (χ1n) is 4.95. The second-order valence-corrected chi connectivity index (χ2v) is 4.57. The third kappa shape index (κ3) is 1.46. The molecule has 80 valence electrons. The molecule has 0 spiro atoms. The SMILES string of the molecule is N#Cc1cnn(C2CN(c3nccs3)C2)c1. The van der Waals surface area contributed by atoms with E-state index in [0.29, 0.717) is 11.6 Å². The van der Waals surface area contributed by atoms with Crippen LogP contribution in [-0.4, -0.2) is 27.9 Å². The van der Waals surface area contributed by atoms with Gasteiger partial charge in [0.25, 0.3) is 0 Å². The van der Waals surface area contributed by atoms with Crippen molar-refractivity contribution < 1.29 is 0 Å². The van der Waals surface area contributed by atoms with Crippen LogP contribution in [0.5, 0.6) is 0 Å². The van der Waals surface area contributed by atoms with Gasteiger partial charge in [0.2, 0.25) is 0 Å². The van der Waals surface area contributed by atoms with Gasteiger partial charge in [-0.25, -0.2) is 4.98 Å². The van der Waals surface area contributed by atoms with Crippen LogP contribution >= 0.6 is 11.3 Å². The van der Waals surface area contributed by atoms with E-state index in [9.17, 15) is 0 Å². The Bertz CT molecular complexity index is 518. The van der Waals surface area contributed by atoms with Crippen molar-refractivity contribution in [2.24, 2.45) is 0 Å². The molecule has 0 saturated carbocycles. The summed E-state index contributed by atoms with van der Waals surface area (Å²) in [7, 11) is 0. The van der Waals surface area contributed by atoms with Crippen molar-refractivity contribution >= 4 is 16.5 Å². The van der Waals surface area contributed by atoms with Crippen LogP contribution in [-0.2, 0) is 0 Å². The van der Waals surface area contributed by atoms with Crippen LogP contribution in [0, 0.1) is 11.3 Å². The standard InChI is InChI=1S/C10H9N5S/c11-3-8-4-13-15(5-8)9-6-14(7-9)10-12-1-2-16-10/h1-2,4-5,9H,6-7H2. The monoisotopic (exact) mass is 231 g/mol. The predicted octanol–water partition coefficient (Wildman–Crippen LogP) is 1.27. The first-order chi connectivity index (χ1) is 7.86. The highest BCUT2D eigenvalue weighted by molar-refractivity contribution is 7.13. The molecule has 0 aromatic carbocycles. The third-order valence-electron chi connectivity index (χ3n) is 2.66. The number of aromatic nitrogens is 3. The Hall–Kier alpha value is -1.87. The molecule has 1 aliphatic rings. The van der Waals surface area contributed by atoms with E-state index in [4.69, 9.17) is 5.26 Å². The lowest BCUT2D eigenvalue weighted by Gasteiger charge is -2.38. The van der Waals surface area contributed by atoms with E-state index >= 15 is 0 Å². The second-order valence-electron chi connectivity index (χ2n) is 3.69. The van der Waals surface area contributed by atoms with Gasteiger partial charge in [0.1, 0.15) is 6.07 Å². The predicted molar refractivity (Wildman–Crippen MR) is 60.3 cm³/mol. The maximum atomic E-state index is 8.70. The van der Waals surface area contributed by atoms with Gasteiger partial charge in [-0.3, -0.25) is 4.68 Å². The van der Waals surface area contributed by atoms with Crippen LogP contribution in [0.25, 0.3) is 0 Å². The molecule has 0 unspecified atom stereocenters. The van der Waals surface area contributed by atoms with Crippen molar-refractivity contribution in [2.45, 2.75) is 6.04 Å². The Morgan fingerprint density at radius 2 is 2.38 bits per heavy atom. The van der Waals surface area contributed by atoms with Gasteiger partial charge in [0, 0.05) is 30.9 Å². The lowest BCUT2D eigenvalue weighted by molar-refractivity contribution is 0.368. The van der Waals surface area contributed by atoms with Crippen LogP contribution in [0.1, 0.15) is 11.6 Å². The van der Waals surface area contributed by atoms with E-state index in [2.05, 4.69) is 21.1 Å². The molecule has 2 aromatic heterocycles. The molecule has 6 heteroatoms. The Balaban J connectivity index is 1.67. The molecule has 1 saturated heterocycles. The maximum absolute atomic E-state index is 8.70. The smallest absolute Gasteiger partial charge is 0.185 e. The quantitative estimate of drug-likeness (QED) is 0.781. The zero-order valence-corrected chi connectivity index (χ0v) is 9.26. The first kappa shape index (κ1) is 9.36. The summed E-state index contributed by atoms with van der Waals surface area (Å²) in [5, 5.41) is 15.9. The van der Waals surface area contributed by atoms with Crippen LogP contribution in [0.3, 0.4) is 0 Å². The van der Waals surface area contributed by atoms with E-state index in [-0.39, 0.29) is 0 Å². The van der Waals surface area contributed by atoms with E-state index in [0.717, 1.165) is 18.2 Å². The van der Waals surface area contributed by atoms with Crippen LogP contribution in [0.4, 0.5) is 5.13 Å². The molecule has 0 radical (unpaired) electrons. The van der Waals surface area contributed by atoms with Gasteiger partial charge in [0.15, 0.2) is 5.13 Å². The minimum Gasteiger partial charge on any atom is -0.344 e. The zero-order chi connectivity index (χ0) is 11.0. The van der Waals surface area contributed by atoms with E-state index in [1.165, 1.54) is 0 Å². The lowest BCUT2D eigenvalue weighted by atomic mass is 10.1. The van der Waals surface area contributed by atoms with Gasteiger partial charge in [-0.1, -0.05) is 0 Å². The average Bonchev–Trinajstić information content (AvgIpc) is 2.85. The molecule has 1 fully saturated rings. The van der Waals surface area contributed by atoms with Crippen LogP contribution in [0.2, 0.25) is 0 Å². The van der Waals surface area contributed by atoms with Crippen molar-refractivity contribution in [3.05, 3.63) is 29.5 Å². The zero-order valence-electron chi connectivity index (χ0n) is 8.45. The summed E-state index contributed by atoms with van der Waals surface area (Å²) in [5.41, 5.74) is 0.618. The van der Waals surface area contributed by atoms with Gasteiger partial charge in [-0.2, -0.15) is 10.4 Å². The molecular weight excluding hydrogens is 222 g/mol. The topological polar surface area (TPSA) is 57.7 Å². The summed E-state index contributed by atoms with van der Waals surface area (Å²) in [6.07, 6.45) is 5.21. The second kappa shape index (κ2) is 3.61. The number of thiazole rings is 1. The summed E-state index contributed by atoms with van der Waals surface area (Å²) in [6, 6.07) is 2.45. The summed E-state index contributed by atoms with van der Waals surface area (Å²) in [6.45, 7) is 1.83. The minimum atomic E-state index is 0.367. The molecular formula is C10H9N5S. The van der Waals surface area contributed by atoms with Crippen molar-refractivity contribution in [3.8, 4) is 6.07 Å². The number of nitriles is 1. The Labute approximate surface area is 96.6 Å². The molecule has 0 atom stereocenters. The summed E-state index contributed by atoms with van der Waals surface area (Å²) in [5.74, 6) is 0. The molecule has 0 N–H and O–H groups in total. The Morgan fingerprint density at radius 1 is 1.50 bits per heavy atom. The van der Waals surface area contributed by atoms with Gasteiger partial charge in [-0.15, -0.1) is 11.3 Å². The first-order valence-corrected chi connectivity index (χ1v) is 5.83. The van der Waals surface area contributed by atoms with Crippen molar-refractivity contribution in [1.82, 2.24) is 14.8 Å². The molecule has 1 aliphatic heterocycles. The summed E-state index contributed by atoms with van der Waals surface area (Å²) < 4.78 is 1.86. The van der Waals surface area contributed by atoms with Crippen LogP contribution in [0.15, 0.2) is 24.0 Å². The molecule has 2 aromatic rings. The van der Waals surface area contributed by atoms with E-state index in [1.807, 2.05) is 16.3 Å². The van der Waals surface area contributed by atoms with Crippen molar-refractivity contribution in [3.63, 3.8) is 0 Å². The number of nitrogens with zero attached hydrogens (tertiary/aromatic N) is 5. The molecule has 3 rings (SSSR count). The molecule has 0 amide bonds. The maximum Gasteiger partial charge on any atom is 0.185 e. The van der Waals surface area contributed by atoms with Crippen LogP contribution < -0.4 is 4.90 Å². The summed E-state index contributed by atoms with van der Waals surface area (Å²) >= 11 is 1.65. The average molecular weight is 231 g/mol. The van der Waals surface area contributed by atoms with Gasteiger partial charge in [-0.05, 0) is 0 Å². The third-order valence-corrected chi connectivity index (χ3v) is 3.49. The number of hydrogen-bond acceptors (Lipinski definition) is 5. The van der Waals surface area contributed by atoms with Gasteiger partial charge in [0.05, 0.1) is 17.8 Å². The largest absolute Gasteiger partial charge is 0.344 e. The lowest BCUT2D eigenvalue weighted by Crippen LogP contribution is -2.47. The fourth-order valence-electron chi connectivity index (χ4n) is 1.75. The Morgan fingerprint density at radius 3 is 3.00 bits per heavy atom. The van der Waals surface area contributed by atoms with Crippen molar-refractivity contribution in [2.75, 3.05) is 18.0 Å². The van der Waals surface area contributed by atoms with E-state index in [1.54, 1.807) is 23.7 Å². The number of hydrogen-bond donors (Lipinski definition) is 0. The van der Waals surface area contributed by atoms with Gasteiger partial charge >= 0.3 is 0 Å². The molecule has 5 nitrogen and oxygen atoms in total. The van der Waals surface area contributed by atoms with Crippen molar-refractivity contribution in [1.29, 1.82) is 5.26 Å². The molecule has 0 aliphatic carbocycles. The highest BCUT2D eigenvalue weighted by Crippen LogP contribution is 2.28. The highest BCUT2D eigenvalue weighted by atomic mass is 32.1. The van der Waals surface area contributed by atoms with Gasteiger partial charge < -0.3 is 4.90 Å². The highest BCUT2D eigenvalue weighted by Gasteiger charge is 2.30. The fraction of sp³-hybridized carbons (Fsp3) is 0.300.